The fourth-order valence-corrected chi connectivity index (χ4v) is 4.08. The summed E-state index contributed by atoms with van der Waals surface area (Å²) in [5.74, 6) is -1.37. The first-order valence-corrected chi connectivity index (χ1v) is 11.3. The number of ether oxygens (including phenoxy) is 2. The highest BCUT2D eigenvalue weighted by atomic mass is 35.5. The number of carbonyl (C=O) groups is 2. The summed E-state index contributed by atoms with van der Waals surface area (Å²) in [6.45, 7) is 3.62. The summed E-state index contributed by atoms with van der Waals surface area (Å²) in [5, 5.41) is 11.1. The van der Waals surface area contributed by atoms with E-state index in [2.05, 4.69) is 4.99 Å². The van der Waals surface area contributed by atoms with Crippen molar-refractivity contribution in [3.8, 4) is 5.75 Å². The summed E-state index contributed by atoms with van der Waals surface area (Å²) >= 11 is 7.34. The quantitative estimate of drug-likeness (QED) is 0.490. The second-order valence-corrected chi connectivity index (χ2v) is 8.26. The summed E-state index contributed by atoms with van der Waals surface area (Å²) in [4.78, 5) is 28.4. The highest BCUT2D eigenvalue weighted by molar-refractivity contribution is 8.18. The van der Waals surface area contributed by atoms with E-state index >= 15 is 0 Å². The smallest absolute Gasteiger partial charge is 0.344 e. The molecule has 1 aliphatic rings. The highest BCUT2D eigenvalue weighted by Gasteiger charge is 2.33. The van der Waals surface area contributed by atoms with Gasteiger partial charge < -0.3 is 14.6 Å². The average Bonchev–Trinajstić information content (AvgIpc) is 3.08. The van der Waals surface area contributed by atoms with Crippen molar-refractivity contribution < 1.29 is 28.6 Å². The Morgan fingerprint density at radius 3 is 2.55 bits per heavy atom. The molecule has 2 aromatic carbocycles. The number of thioether (sulfide) groups is 1. The van der Waals surface area contributed by atoms with Crippen LogP contribution in [0.4, 0.5) is 4.39 Å². The number of amides is 1. The zero-order chi connectivity index (χ0) is 24.0. The van der Waals surface area contributed by atoms with E-state index in [1.165, 1.54) is 12.1 Å². The fraction of sp³-hybridized carbons (Fsp3) is 0.208. The Bertz CT molecular complexity index is 1160. The molecule has 1 heterocycles. The van der Waals surface area contributed by atoms with E-state index < -0.39 is 11.9 Å². The maximum atomic E-state index is 13.0. The van der Waals surface area contributed by atoms with Gasteiger partial charge in [0.25, 0.3) is 0 Å². The van der Waals surface area contributed by atoms with Gasteiger partial charge in [-0.1, -0.05) is 48.5 Å². The molecule has 33 heavy (non-hydrogen) atoms. The van der Waals surface area contributed by atoms with Crippen LogP contribution in [0.3, 0.4) is 0 Å². The molecule has 2 aromatic rings. The van der Waals surface area contributed by atoms with Crippen LogP contribution in [0.1, 0.15) is 31.4 Å². The molecule has 0 spiro atoms. The number of nitrogens with zero attached hydrogens (tertiary/aromatic N) is 1. The number of carbonyl (C=O) groups excluding carboxylic acids is 2. The van der Waals surface area contributed by atoms with Crippen LogP contribution in [-0.2, 0) is 20.9 Å². The van der Waals surface area contributed by atoms with E-state index in [0.29, 0.717) is 21.2 Å². The van der Waals surface area contributed by atoms with E-state index in [1.807, 2.05) is 0 Å². The van der Waals surface area contributed by atoms with Crippen LogP contribution in [0.5, 0.6) is 5.75 Å². The largest absolute Gasteiger partial charge is 0.506 e. The van der Waals surface area contributed by atoms with Crippen LogP contribution < -0.4 is 4.74 Å². The molecular formula is C24H21ClFNO5S. The molecule has 1 aliphatic heterocycles. The van der Waals surface area contributed by atoms with Crippen molar-refractivity contribution >= 4 is 46.4 Å². The highest BCUT2D eigenvalue weighted by Crippen LogP contribution is 2.39. The number of aliphatic hydroxyl groups excluding tert-OH is 1. The van der Waals surface area contributed by atoms with Crippen LogP contribution in [0.2, 0.25) is 5.02 Å². The molecule has 1 amide bonds. The number of aliphatic imine (C=N–C) groups is 1. The molecule has 9 heteroatoms. The first-order valence-electron chi connectivity index (χ1n) is 10.1. The van der Waals surface area contributed by atoms with Gasteiger partial charge in [0.2, 0.25) is 5.91 Å². The Balaban J connectivity index is 1.83. The molecule has 6 nitrogen and oxygen atoms in total. The topological polar surface area (TPSA) is 85.2 Å². The Morgan fingerprint density at radius 1 is 1.18 bits per heavy atom. The standard InChI is InChI=1S/C24H21ClFNO5S/c1-3-20(28)27-23-21(24(30)31-4-2)22(29)19(33-23)12-15-7-10-18(17(25)11-15)32-13-14-5-8-16(26)9-6-14/h5-12,29H,3-4,13H2,1-2H3/b19-12-,27-23?. The van der Waals surface area contributed by atoms with Crippen molar-refractivity contribution in [2.45, 2.75) is 26.9 Å². The molecule has 0 radical (unpaired) electrons. The number of hydrogen-bond donors (Lipinski definition) is 1. The molecule has 0 saturated carbocycles. The predicted octanol–water partition coefficient (Wildman–Crippen LogP) is 5.86. The van der Waals surface area contributed by atoms with Crippen molar-refractivity contribution in [3.05, 3.63) is 80.7 Å². The minimum Gasteiger partial charge on any atom is -0.506 e. The Morgan fingerprint density at radius 2 is 1.91 bits per heavy atom. The average molecular weight is 490 g/mol. The van der Waals surface area contributed by atoms with E-state index in [1.54, 1.807) is 50.3 Å². The number of hydrogen-bond acceptors (Lipinski definition) is 6. The monoisotopic (exact) mass is 489 g/mol. The molecule has 0 unspecified atom stereocenters. The molecule has 1 N–H and O–H groups in total. The SMILES string of the molecule is CCOC(=O)C1=C(O)/C(=C/c2ccc(OCc3ccc(F)cc3)c(Cl)c2)SC1=NC(=O)CC. The van der Waals surface area contributed by atoms with Gasteiger partial charge in [-0.2, -0.15) is 0 Å². The minimum absolute atomic E-state index is 0.0920. The lowest BCUT2D eigenvalue weighted by Gasteiger charge is -2.09. The van der Waals surface area contributed by atoms with Gasteiger partial charge in [-0.05, 0) is 48.4 Å². The van der Waals surface area contributed by atoms with Gasteiger partial charge in [-0.3, -0.25) is 4.79 Å². The molecule has 0 atom stereocenters. The molecule has 0 aromatic heterocycles. The second kappa shape index (κ2) is 11.2. The van der Waals surface area contributed by atoms with Crippen molar-refractivity contribution in [1.82, 2.24) is 0 Å². The van der Waals surface area contributed by atoms with E-state index in [-0.39, 0.29) is 41.8 Å². The lowest BCUT2D eigenvalue weighted by molar-refractivity contribution is -0.138. The van der Waals surface area contributed by atoms with Crippen LogP contribution in [0.15, 0.2) is 63.7 Å². The van der Waals surface area contributed by atoms with Gasteiger partial charge in [-0.15, -0.1) is 0 Å². The van der Waals surface area contributed by atoms with Crippen molar-refractivity contribution in [2.24, 2.45) is 4.99 Å². The van der Waals surface area contributed by atoms with Crippen molar-refractivity contribution in [2.75, 3.05) is 6.61 Å². The number of aliphatic hydroxyl groups is 1. The van der Waals surface area contributed by atoms with E-state index in [0.717, 1.165) is 17.3 Å². The molecule has 0 aliphatic carbocycles. The van der Waals surface area contributed by atoms with Gasteiger partial charge in [-0.25, -0.2) is 14.2 Å². The normalized spacial score (nSPS) is 15.9. The van der Waals surface area contributed by atoms with Crippen molar-refractivity contribution in [1.29, 1.82) is 0 Å². The van der Waals surface area contributed by atoms with Crippen LogP contribution in [0, 0.1) is 5.82 Å². The maximum Gasteiger partial charge on any atom is 0.344 e. The minimum atomic E-state index is -0.754. The summed E-state index contributed by atoms with van der Waals surface area (Å²) in [6, 6.07) is 11.0. The van der Waals surface area contributed by atoms with Gasteiger partial charge >= 0.3 is 5.97 Å². The fourth-order valence-electron chi connectivity index (χ4n) is 2.80. The van der Waals surface area contributed by atoms with Gasteiger partial charge in [0.15, 0.2) is 0 Å². The Labute approximate surface area is 199 Å². The summed E-state index contributed by atoms with van der Waals surface area (Å²) in [7, 11) is 0. The van der Waals surface area contributed by atoms with Gasteiger partial charge in [0, 0.05) is 6.42 Å². The summed E-state index contributed by atoms with van der Waals surface area (Å²) in [5.41, 5.74) is 1.28. The Hall–Kier alpha value is -3.10. The third kappa shape index (κ3) is 6.24. The molecule has 0 fully saturated rings. The van der Waals surface area contributed by atoms with Gasteiger partial charge in [0.1, 0.15) is 34.5 Å². The van der Waals surface area contributed by atoms with E-state index in [9.17, 15) is 19.1 Å². The first-order chi connectivity index (χ1) is 15.8. The number of halogens is 2. The lowest BCUT2D eigenvalue weighted by Crippen LogP contribution is -2.14. The zero-order valence-electron chi connectivity index (χ0n) is 17.9. The third-order valence-electron chi connectivity index (χ3n) is 4.46. The third-order valence-corrected chi connectivity index (χ3v) is 5.78. The number of benzene rings is 2. The molecule has 3 rings (SSSR count). The maximum absolute atomic E-state index is 13.0. The van der Waals surface area contributed by atoms with E-state index in [4.69, 9.17) is 21.1 Å². The van der Waals surface area contributed by atoms with Crippen molar-refractivity contribution in [3.63, 3.8) is 0 Å². The number of esters is 1. The Kier molecular flexibility index (Phi) is 8.30. The molecule has 172 valence electrons. The second-order valence-electron chi connectivity index (χ2n) is 6.82. The van der Waals surface area contributed by atoms with Crippen LogP contribution >= 0.6 is 23.4 Å². The van der Waals surface area contributed by atoms with Gasteiger partial charge in [0.05, 0.1) is 16.5 Å². The molecular weight excluding hydrogens is 469 g/mol. The molecule has 0 bridgehead atoms. The van der Waals surface area contributed by atoms with Crippen LogP contribution in [0.25, 0.3) is 6.08 Å². The lowest BCUT2D eigenvalue weighted by atomic mass is 10.1. The van der Waals surface area contributed by atoms with Crippen LogP contribution in [-0.4, -0.2) is 28.6 Å². The first kappa shape index (κ1) is 24.5. The summed E-state index contributed by atoms with van der Waals surface area (Å²) in [6.07, 6.45) is 1.78. The zero-order valence-corrected chi connectivity index (χ0v) is 19.5. The number of rotatable bonds is 7. The predicted molar refractivity (Wildman–Crippen MR) is 127 cm³/mol. The summed E-state index contributed by atoms with van der Waals surface area (Å²) < 4.78 is 23.7. The molecule has 0 saturated heterocycles.